The Kier molecular flexibility index (Phi) is 3.22. The Labute approximate surface area is 86.7 Å². The van der Waals surface area contributed by atoms with Gasteiger partial charge in [-0.15, -0.1) is 0 Å². The molecular weight excluding hydrogens is 174 g/mol. The van der Waals surface area contributed by atoms with Gasteiger partial charge in [0.05, 0.1) is 6.04 Å². The first-order valence-electron chi connectivity index (χ1n) is 6.11. The Hall–Kier alpha value is -0.370. The molecule has 2 atom stereocenters. The van der Waals surface area contributed by atoms with Crippen molar-refractivity contribution in [3.63, 3.8) is 0 Å². The number of hydrogen-bond acceptors (Lipinski definition) is 2. The number of carbonyl (C=O) groups excluding carboxylic acids is 1. The summed E-state index contributed by atoms with van der Waals surface area (Å²) in [5.41, 5.74) is 0. The molecule has 1 aliphatic carbocycles. The van der Waals surface area contributed by atoms with Crippen molar-refractivity contribution in [2.24, 2.45) is 0 Å². The first-order chi connectivity index (χ1) is 6.83. The molecular formula is C12H21NO. The monoisotopic (exact) mass is 195 g/mol. The molecule has 1 saturated heterocycles. The lowest BCUT2D eigenvalue weighted by Gasteiger charge is -2.38. The largest absolute Gasteiger partial charge is 0.298 e. The molecule has 2 unspecified atom stereocenters. The van der Waals surface area contributed by atoms with E-state index in [4.69, 9.17) is 0 Å². The molecule has 0 bridgehead atoms. The summed E-state index contributed by atoms with van der Waals surface area (Å²) < 4.78 is 0. The van der Waals surface area contributed by atoms with Gasteiger partial charge in [0, 0.05) is 12.5 Å². The van der Waals surface area contributed by atoms with Crippen LogP contribution in [-0.2, 0) is 4.79 Å². The van der Waals surface area contributed by atoms with E-state index < -0.39 is 0 Å². The van der Waals surface area contributed by atoms with Crippen molar-refractivity contribution >= 4 is 5.78 Å². The summed E-state index contributed by atoms with van der Waals surface area (Å²) in [6, 6.07) is 0.982. The van der Waals surface area contributed by atoms with Crippen LogP contribution in [-0.4, -0.2) is 29.3 Å². The molecule has 2 nitrogen and oxygen atoms in total. The van der Waals surface area contributed by atoms with Crippen LogP contribution in [0.5, 0.6) is 0 Å². The smallest absolute Gasteiger partial charge is 0.149 e. The average Bonchev–Trinajstić information content (AvgIpc) is 2.64. The summed E-state index contributed by atoms with van der Waals surface area (Å²) in [4.78, 5) is 14.2. The molecule has 1 heterocycles. The Bertz CT molecular complexity index is 214. The highest BCUT2D eigenvalue weighted by atomic mass is 16.1. The Morgan fingerprint density at radius 1 is 1.29 bits per heavy atom. The zero-order chi connectivity index (χ0) is 9.97. The highest BCUT2D eigenvalue weighted by Gasteiger charge is 2.34. The van der Waals surface area contributed by atoms with Crippen LogP contribution in [0.15, 0.2) is 0 Å². The molecule has 0 aromatic rings. The molecule has 0 aromatic carbocycles. The number of Topliss-reactive ketones (excluding diaryl/α,β-unsaturated/α-hetero) is 1. The fourth-order valence-corrected chi connectivity index (χ4v) is 3.02. The number of nitrogens with zero attached hydrogens (tertiary/aromatic N) is 1. The fraction of sp³-hybridized carbons (Fsp3) is 0.917. The summed E-state index contributed by atoms with van der Waals surface area (Å²) >= 11 is 0. The van der Waals surface area contributed by atoms with Crippen molar-refractivity contribution in [3.05, 3.63) is 0 Å². The minimum absolute atomic E-state index is 0.292. The van der Waals surface area contributed by atoms with Gasteiger partial charge in [0.15, 0.2) is 0 Å². The molecule has 0 N–H and O–H groups in total. The highest BCUT2D eigenvalue weighted by molar-refractivity contribution is 5.85. The maximum atomic E-state index is 11.7. The Morgan fingerprint density at radius 2 is 2.14 bits per heavy atom. The van der Waals surface area contributed by atoms with Crippen LogP contribution in [0, 0.1) is 0 Å². The van der Waals surface area contributed by atoms with Gasteiger partial charge in [-0.1, -0.05) is 13.3 Å². The van der Waals surface area contributed by atoms with Gasteiger partial charge in [-0.3, -0.25) is 9.69 Å². The fourth-order valence-electron chi connectivity index (χ4n) is 3.02. The van der Waals surface area contributed by atoms with Crippen LogP contribution in [0.3, 0.4) is 0 Å². The average molecular weight is 195 g/mol. The summed E-state index contributed by atoms with van der Waals surface area (Å²) in [6.45, 7) is 3.41. The molecule has 0 amide bonds. The van der Waals surface area contributed by atoms with Crippen LogP contribution >= 0.6 is 0 Å². The first-order valence-corrected chi connectivity index (χ1v) is 6.11. The Morgan fingerprint density at radius 3 is 2.79 bits per heavy atom. The van der Waals surface area contributed by atoms with Crippen LogP contribution in [0.4, 0.5) is 0 Å². The summed E-state index contributed by atoms with van der Waals surface area (Å²) in [6.07, 6.45) is 8.24. The maximum Gasteiger partial charge on any atom is 0.149 e. The highest BCUT2D eigenvalue weighted by Crippen LogP contribution is 2.28. The quantitative estimate of drug-likeness (QED) is 0.674. The number of carbonyl (C=O) groups is 1. The second kappa shape index (κ2) is 4.43. The van der Waals surface area contributed by atoms with E-state index in [1.54, 1.807) is 0 Å². The van der Waals surface area contributed by atoms with Crippen molar-refractivity contribution in [1.82, 2.24) is 4.90 Å². The number of ketones is 1. The predicted octanol–water partition coefficient (Wildman–Crippen LogP) is 2.37. The second-order valence-corrected chi connectivity index (χ2v) is 4.67. The second-order valence-electron chi connectivity index (χ2n) is 4.67. The number of rotatable bonds is 2. The molecule has 80 valence electrons. The molecule has 0 spiro atoms. The van der Waals surface area contributed by atoms with E-state index >= 15 is 0 Å². The van der Waals surface area contributed by atoms with Crippen molar-refractivity contribution in [3.8, 4) is 0 Å². The van der Waals surface area contributed by atoms with E-state index in [2.05, 4.69) is 11.8 Å². The van der Waals surface area contributed by atoms with Gasteiger partial charge < -0.3 is 0 Å². The van der Waals surface area contributed by atoms with Gasteiger partial charge in [-0.2, -0.15) is 0 Å². The van der Waals surface area contributed by atoms with Gasteiger partial charge in [-0.25, -0.2) is 0 Å². The number of piperidine rings is 1. The third-order valence-electron chi connectivity index (χ3n) is 3.82. The Balaban J connectivity index is 2.02. The molecule has 14 heavy (non-hydrogen) atoms. The van der Waals surface area contributed by atoms with E-state index in [0.717, 1.165) is 25.8 Å². The number of likely N-dealkylation sites (tertiary alicyclic amines) is 1. The van der Waals surface area contributed by atoms with Crippen LogP contribution in [0.2, 0.25) is 0 Å². The summed E-state index contributed by atoms with van der Waals surface area (Å²) in [7, 11) is 0. The SMILES string of the molecule is CCC1CCCCN1C1CCCC1=O. The predicted molar refractivity (Wildman–Crippen MR) is 57.3 cm³/mol. The van der Waals surface area contributed by atoms with Crippen LogP contribution < -0.4 is 0 Å². The van der Waals surface area contributed by atoms with Crippen molar-refractivity contribution in [2.75, 3.05) is 6.54 Å². The van der Waals surface area contributed by atoms with Gasteiger partial charge in [0.2, 0.25) is 0 Å². The van der Waals surface area contributed by atoms with E-state index in [1.807, 2.05) is 0 Å². The normalized spacial score (nSPS) is 35.1. The molecule has 1 aliphatic heterocycles. The molecule has 2 fully saturated rings. The third kappa shape index (κ3) is 1.85. The lowest BCUT2D eigenvalue weighted by Crippen LogP contribution is -2.47. The van der Waals surface area contributed by atoms with Crippen molar-refractivity contribution < 1.29 is 4.79 Å². The first kappa shape index (κ1) is 10.2. The molecule has 2 heteroatoms. The summed E-state index contributed by atoms with van der Waals surface area (Å²) in [5.74, 6) is 0.505. The minimum Gasteiger partial charge on any atom is -0.298 e. The van der Waals surface area contributed by atoms with Crippen molar-refractivity contribution in [1.29, 1.82) is 0 Å². The van der Waals surface area contributed by atoms with E-state index in [-0.39, 0.29) is 0 Å². The third-order valence-corrected chi connectivity index (χ3v) is 3.82. The van der Waals surface area contributed by atoms with Crippen LogP contribution in [0.1, 0.15) is 51.9 Å². The molecule has 2 aliphatic rings. The lowest BCUT2D eigenvalue weighted by molar-refractivity contribution is -0.123. The van der Waals surface area contributed by atoms with E-state index in [9.17, 15) is 4.79 Å². The number of hydrogen-bond donors (Lipinski definition) is 0. The zero-order valence-corrected chi connectivity index (χ0v) is 9.17. The minimum atomic E-state index is 0.292. The molecule has 2 rings (SSSR count). The maximum absolute atomic E-state index is 11.7. The van der Waals surface area contributed by atoms with Gasteiger partial charge >= 0.3 is 0 Å². The molecule has 1 saturated carbocycles. The van der Waals surface area contributed by atoms with Crippen LogP contribution in [0.25, 0.3) is 0 Å². The van der Waals surface area contributed by atoms with E-state index in [1.165, 1.54) is 25.7 Å². The zero-order valence-electron chi connectivity index (χ0n) is 9.17. The molecule has 0 aromatic heterocycles. The lowest BCUT2D eigenvalue weighted by atomic mass is 9.97. The van der Waals surface area contributed by atoms with Gasteiger partial charge in [0.1, 0.15) is 5.78 Å². The summed E-state index contributed by atoms with van der Waals surface area (Å²) in [5, 5.41) is 0. The molecule has 0 radical (unpaired) electrons. The standard InChI is InChI=1S/C12H21NO/c1-2-10-6-3-4-9-13(10)11-7-5-8-12(11)14/h10-11H,2-9H2,1H3. The van der Waals surface area contributed by atoms with Gasteiger partial charge in [-0.05, 0) is 38.6 Å². The topological polar surface area (TPSA) is 20.3 Å². The van der Waals surface area contributed by atoms with E-state index in [0.29, 0.717) is 17.9 Å². The van der Waals surface area contributed by atoms with Crippen molar-refractivity contribution in [2.45, 2.75) is 64.0 Å². The van der Waals surface area contributed by atoms with Gasteiger partial charge in [0.25, 0.3) is 0 Å².